The minimum Gasteiger partial charge on any atom is -0.492 e. The van der Waals surface area contributed by atoms with Gasteiger partial charge in [-0.25, -0.2) is 4.79 Å². The molecule has 0 atom stereocenters. The van der Waals surface area contributed by atoms with E-state index in [2.05, 4.69) is 22.8 Å². The summed E-state index contributed by atoms with van der Waals surface area (Å²) in [5.74, 6) is 0.621. The minimum absolute atomic E-state index is 0.0829. The number of hydrogen-bond donors (Lipinski definition) is 2. The van der Waals surface area contributed by atoms with Crippen molar-refractivity contribution in [2.45, 2.75) is 63.5 Å². The summed E-state index contributed by atoms with van der Waals surface area (Å²) in [4.78, 5) is 25.1. The number of para-hydroxylation sites is 1. The van der Waals surface area contributed by atoms with Gasteiger partial charge in [-0.1, -0.05) is 42.5 Å². The Hall–Kier alpha value is -3.02. The van der Waals surface area contributed by atoms with Gasteiger partial charge in [-0.2, -0.15) is 0 Å². The van der Waals surface area contributed by atoms with Crippen LogP contribution in [0.15, 0.2) is 48.5 Å². The van der Waals surface area contributed by atoms with E-state index in [1.807, 2.05) is 50.2 Å². The number of amides is 2. The standard InChI is InChI=1S/C26H32N2O4/c1-18(2)32-25(30)28-21-11-14-26(15-12-21,20-8-4-3-5-9-20)17-27-24(29)22-10-6-7-19-13-16-31-23(19)22/h3-10,18,21H,11-17H2,1-2H3,(H,27,29)(H,28,30). The Balaban J connectivity index is 1.45. The molecule has 6 heteroatoms. The summed E-state index contributed by atoms with van der Waals surface area (Å²) in [5, 5.41) is 6.18. The van der Waals surface area contributed by atoms with Crippen LogP contribution in [0.3, 0.4) is 0 Å². The summed E-state index contributed by atoms with van der Waals surface area (Å²) in [5.41, 5.74) is 2.75. The fraction of sp³-hybridized carbons (Fsp3) is 0.462. The van der Waals surface area contributed by atoms with Crippen LogP contribution >= 0.6 is 0 Å². The van der Waals surface area contributed by atoms with Crippen LogP contribution in [0, 0.1) is 0 Å². The van der Waals surface area contributed by atoms with Crippen LogP contribution in [0.1, 0.15) is 61.0 Å². The number of rotatable bonds is 6. The lowest BCUT2D eigenvalue weighted by atomic mass is 9.68. The van der Waals surface area contributed by atoms with Crippen LogP contribution in [-0.4, -0.2) is 37.3 Å². The van der Waals surface area contributed by atoms with E-state index in [9.17, 15) is 9.59 Å². The number of fused-ring (bicyclic) bond motifs is 1. The molecular formula is C26H32N2O4. The first kappa shape index (κ1) is 22.2. The first-order valence-corrected chi connectivity index (χ1v) is 11.5. The van der Waals surface area contributed by atoms with E-state index in [-0.39, 0.29) is 29.6 Å². The van der Waals surface area contributed by atoms with Crippen molar-refractivity contribution in [3.63, 3.8) is 0 Å². The molecule has 2 aliphatic rings. The van der Waals surface area contributed by atoms with Gasteiger partial charge in [0.1, 0.15) is 5.75 Å². The molecule has 32 heavy (non-hydrogen) atoms. The van der Waals surface area contributed by atoms with Crippen molar-refractivity contribution in [2.75, 3.05) is 13.2 Å². The lowest BCUT2D eigenvalue weighted by Crippen LogP contribution is -2.47. The van der Waals surface area contributed by atoms with Gasteiger partial charge in [0.2, 0.25) is 0 Å². The summed E-state index contributed by atoms with van der Waals surface area (Å²) < 4.78 is 11.0. The van der Waals surface area contributed by atoms with Crippen molar-refractivity contribution in [3.05, 3.63) is 65.2 Å². The molecule has 0 radical (unpaired) electrons. The second-order valence-electron chi connectivity index (χ2n) is 9.09. The Labute approximate surface area is 189 Å². The van der Waals surface area contributed by atoms with Gasteiger partial charge in [-0.05, 0) is 56.7 Å². The normalized spacial score (nSPS) is 22.0. The highest BCUT2D eigenvalue weighted by Gasteiger charge is 2.38. The predicted molar refractivity (Wildman–Crippen MR) is 123 cm³/mol. The van der Waals surface area contributed by atoms with E-state index in [1.54, 1.807) is 0 Å². The Kier molecular flexibility index (Phi) is 6.68. The number of hydrogen-bond acceptors (Lipinski definition) is 4. The second kappa shape index (κ2) is 9.63. The smallest absolute Gasteiger partial charge is 0.407 e. The maximum Gasteiger partial charge on any atom is 0.407 e. The van der Waals surface area contributed by atoms with Crippen molar-refractivity contribution < 1.29 is 19.1 Å². The van der Waals surface area contributed by atoms with Crippen molar-refractivity contribution >= 4 is 12.0 Å². The first-order chi connectivity index (χ1) is 15.5. The molecule has 4 rings (SSSR count). The number of carbonyl (C=O) groups is 2. The zero-order chi connectivity index (χ0) is 22.6. The molecule has 1 fully saturated rings. The van der Waals surface area contributed by atoms with Gasteiger partial charge in [-0.3, -0.25) is 4.79 Å². The van der Waals surface area contributed by atoms with Crippen LogP contribution in [-0.2, 0) is 16.6 Å². The third-order valence-electron chi connectivity index (χ3n) is 6.54. The monoisotopic (exact) mass is 436 g/mol. The van der Waals surface area contributed by atoms with Gasteiger partial charge in [0.05, 0.1) is 18.3 Å². The van der Waals surface area contributed by atoms with E-state index in [0.717, 1.165) is 43.4 Å². The number of carbonyl (C=O) groups excluding carboxylic acids is 2. The number of ether oxygens (including phenoxy) is 2. The molecule has 170 valence electrons. The predicted octanol–water partition coefficient (Wildman–Crippen LogP) is 4.37. The molecular weight excluding hydrogens is 404 g/mol. The van der Waals surface area contributed by atoms with E-state index < -0.39 is 0 Å². The van der Waals surface area contributed by atoms with Crippen LogP contribution in [0.4, 0.5) is 4.79 Å². The van der Waals surface area contributed by atoms with Crippen molar-refractivity contribution in [2.24, 2.45) is 0 Å². The van der Waals surface area contributed by atoms with Gasteiger partial charge in [0.25, 0.3) is 5.91 Å². The summed E-state index contributed by atoms with van der Waals surface area (Å²) in [6, 6.07) is 16.2. The van der Waals surface area contributed by atoms with Crippen LogP contribution < -0.4 is 15.4 Å². The molecule has 2 N–H and O–H groups in total. The lowest BCUT2D eigenvalue weighted by molar-refractivity contribution is 0.0929. The summed E-state index contributed by atoms with van der Waals surface area (Å²) in [7, 11) is 0. The van der Waals surface area contributed by atoms with E-state index in [0.29, 0.717) is 18.7 Å². The molecule has 1 saturated carbocycles. The van der Waals surface area contributed by atoms with Crippen molar-refractivity contribution in [1.82, 2.24) is 10.6 Å². The summed E-state index contributed by atoms with van der Waals surface area (Å²) in [6.45, 7) is 4.86. The highest BCUT2D eigenvalue weighted by atomic mass is 16.6. The van der Waals surface area contributed by atoms with Crippen molar-refractivity contribution in [1.29, 1.82) is 0 Å². The fourth-order valence-corrected chi connectivity index (χ4v) is 4.83. The quantitative estimate of drug-likeness (QED) is 0.705. The highest BCUT2D eigenvalue weighted by Crippen LogP contribution is 2.39. The maximum atomic E-state index is 13.1. The van der Waals surface area contributed by atoms with E-state index >= 15 is 0 Å². The average Bonchev–Trinajstić information content (AvgIpc) is 3.28. The molecule has 0 unspecified atom stereocenters. The number of nitrogens with one attached hydrogen (secondary N) is 2. The average molecular weight is 437 g/mol. The molecule has 2 aromatic carbocycles. The molecule has 0 saturated heterocycles. The number of benzene rings is 2. The fourth-order valence-electron chi connectivity index (χ4n) is 4.83. The van der Waals surface area contributed by atoms with E-state index in [4.69, 9.17) is 9.47 Å². The topological polar surface area (TPSA) is 76.7 Å². The Morgan fingerprint density at radius 3 is 2.56 bits per heavy atom. The third-order valence-corrected chi connectivity index (χ3v) is 6.54. The SMILES string of the molecule is CC(C)OC(=O)NC1CCC(CNC(=O)c2cccc3c2OCC3)(c2ccccc2)CC1. The van der Waals surface area contributed by atoms with Gasteiger partial charge in [0.15, 0.2) is 0 Å². The molecule has 0 spiro atoms. The van der Waals surface area contributed by atoms with Gasteiger partial charge in [-0.15, -0.1) is 0 Å². The number of alkyl carbamates (subject to hydrolysis) is 1. The van der Waals surface area contributed by atoms with Crippen LogP contribution in [0.5, 0.6) is 5.75 Å². The highest BCUT2D eigenvalue weighted by molar-refractivity contribution is 5.97. The lowest BCUT2D eigenvalue weighted by Gasteiger charge is -2.41. The molecule has 1 heterocycles. The molecule has 1 aliphatic carbocycles. The van der Waals surface area contributed by atoms with Crippen LogP contribution in [0.25, 0.3) is 0 Å². The zero-order valence-corrected chi connectivity index (χ0v) is 18.9. The Morgan fingerprint density at radius 1 is 1.09 bits per heavy atom. The first-order valence-electron chi connectivity index (χ1n) is 11.5. The molecule has 1 aliphatic heterocycles. The summed E-state index contributed by atoms with van der Waals surface area (Å²) >= 11 is 0. The molecule has 0 aromatic heterocycles. The Bertz CT molecular complexity index is 950. The molecule has 0 bridgehead atoms. The van der Waals surface area contributed by atoms with Gasteiger partial charge >= 0.3 is 6.09 Å². The summed E-state index contributed by atoms with van der Waals surface area (Å²) in [6.07, 6.45) is 3.76. The largest absolute Gasteiger partial charge is 0.492 e. The van der Waals surface area contributed by atoms with Gasteiger partial charge in [0, 0.05) is 24.4 Å². The minimum atomic E-state index is -0.358. The molecule has 2 aromatic rings. The second-order valence-corrected chi connectivity index (χ2v) is 9.09. The van der Waals surface area contributed by atoms with Gasteiger partial charge < -0.3 is 20.1 Å². The molecule has 2 amide bonds. The maximum absolute atomic E-state index is 13.1. The van der Waals surface area contributed by atoms with Crippen LogP contribution in [0.2, 0.25) is 0 Å². The molecule has 6 nitrogen and oxygen atoms in total. The Morgan fingerprint density at radius 2 is 1.84 bits per heavy atom. The third kappa shape index (κ3) is 4.90. The zero-order valence-electron chi connectivity index (χ0n) is 18.9. The van der Waals surface area contributed by atoms with Crippen molar-refractivity contribution in [3.8, 4) is 5.75 Å². The van der Waals surface area contributed by atoms with E-state index in [1.165, 1.54) is 5.56 Å².